The van der Waals surface area contributed by atoms with Crippen molar-refractivity contribution < 1.29 is 0 Å². The van der Waals surface area contributed by atoms with Crippen LogP contribution in [0.15, 0.2) is 22.7 Å². The summed E-state index contributed by atoms with van der Waals surface area (Å²) in [4.78, 5) is 0. The van der Waals surface area contributed by atoms with Crippen molar-refractivity contribution in [1.29, 1.82) is 0 Å². The quantitative estimate of drug-likeness (QED) is 0.805. The van der Waals surface area contributed by atoms with Crippen LogP contribution in [0, 0.1) is 6.92 Å². The Morgan fingerprint density at radius 3 is 2.62 bits per heavy atom. The van der Waals surface area contributed by atoms with E-state index in [0.717, 1.165) is 6.54 Å². The molecule has 1 nitrogen and oxygen atoms in total. The van der Waals surface area contributed by atoms with E-state index in [9.17, 15) is 0 Å². The van der Waals surface area contributed by atoms with E-state index >= 15 is 0 Å². The maximum Gasteiger partial charge on any atom is 0.0331 e. The van der Waals surface area contributed by atoms with Gasteiger partial charge in [0.1, 0.15) is 0 Å². The molecule has 0 radical (unpaired) electrons. The van der Waals surface area contributed by atoms with Crippen molar-refractivity contribution in [3.8, 4) is 0 Å². The van der Waals surface area contributed by atoms with Gasteiger partial charge in [-0.15, -0.1) is 0 Å². The molecule has 0 heterocycles. The van der Waals surface area contributed by atoms with E-state index in [0.29, 0.717) is 6.04 Å². The average Bonchev–Trinajstić information content (AvgIpc) is 2.28. The summed E-state index contributed by atoms with van der Waals surface area (Å²) in [6, 6.07) is 7.07. The molecule has 1 rings (SSSR count). The van der Waals surface area contributed by atoms with E-state index < -0.39 is 0 Å². The van der Waals surface area contributed by atoms with Crippen molar-refractivity contribution >= 4 is 15.9 Å². The summed E-state index contributed by atoms with van der Waals surface area (Å²) >= 11 is 3.65. The van der Waals surface area contributed by atoms with Crippen LogP contribution in [0.4, 0.5) is 0 Å². The highest BCUT2D eigenvalue weighted by atomic mass is 79.9. The second kappa shape index (κ2) is 7.08. The standard InChI is InChI=1S/C14H22BrN/c1-4-6-14(16-9-5-2)12-10-11(3)7-8-13(12)15/h7-8,10,14,16H,4-6,9H2,1-3H3. The first-order valence-corrected chi connectivity index (χ1v) is 6.97. The van der Waals surface area contributed by atoms with Gasteiger partial charge in [0.25, 0.3) is 0 Å². The Labute approximate surface area is 108 Å². The molecule has 1 atom stereocenters. The molecule has 2 heteroatoms. The summed E-state index contributed by atoms with van der Waals surface area (Å²) in [5, 5.41) is 3.62. The van der Waals surface area contributed by atoms with Crippen molar-refractivity contribution in [2.24, 2.45) is 0 Å². The van der Waals surface area contributed by atoms with Crippen LogP contribution in [0.2, 0.25) is 0 Å². The first-order chi connectivity index (χ1) is 7.69. The Morgan fingerprint density at radius 2 is 2.00 bits per heavy atom. The van der Waals surface area contributed by atoms with Crippen LogP contribution in [0.25, 0.3) is 0 Å². The minimum atomic E-state index is 0.485. The number of rotatable bonds is 6. The maximum absolute atomic E-state index is 3.65. The molecule has 0 saturated heterocycles. The second-order valence-corrected chi connectivity index (χ2v) is 5.17. The molecule has 0 aliphatic rings. The van der Waals surface area contributed by atoms with Crippen LogP contribution < -0.4 is 5.32 Å². The minimum Gasteiger partial charge on any atom is -0.310 e. The summed E-state index contributed by atoms with van der Waals surface area (Å²) in [7, 11) is 0. The zero-order valence-electron chi connectivity index (χ0n) is 10.5. The number of hydrogen-bond donors (Lipinski definition) is 1. The molecule has 90 valence electrons. The Bertz CT molecular complexity index is 323. The third kappa shape index (κ3) is 3.91. The zero-order valence-corrected chi connectivity index (χ0v) is 12.1. The summed E-state index contributed by atoms with van der Waals surface area (Å²) in [5.41, 5.74) is 2.73. The lowest BCUT2D eigenvalue weighted by Gasteiger charge is -2.20. The predicted molar refractivity (Wildman–Crippen MR) is 74.8 cm³/mol. The van der Waals surface area contributed by atoms with Crippen LogP contribution in [0.5, 0.6) is 0 Å². The smallest absolute Gasteiger partial charge is 0.0331 e. The molecule has 0 aliphatic heterocycles. The molecule has 1 aromatic carbocycles. The molecule has 1 N–H and O–H groups in total. The number of aryl methyl sites for hydroxylation is 1. The first-order valence-electron chi connectivity index (χ1n) is 6.18. The zero-order chi connectivity index (χ0) is 12.0. The monoisotopic (exact) mass is 283 g/mol. The third-order valence-electron chi connectivity index (χ3n) is 2.75. The van der Waals surface area contributed by atoms with E-state index in [1.807, 2.05) is 0 Å². The first kappa shape index (κ1) is 13.7. The largest absolute Gasteiger partial charge is 0.310 e. The fraction of sp³-hybridized carbons (Fsp3) is 0.571. The minimum absolute atomic E-state index is 0.485. The topological polar surface area (TPSA) is 12.0 Å². The normalized spacial score (nSPS) is 12.8. The van der Waals surface area contributed by atoms with Gasteiger partial charge in [-0.25, -0.2) is 0 Å². The van der Waals surface area contributed by atoms with Gasteiger partial charge >= 0.3 is 0 Å². The highest BCUT2D eigenvalue weighted by Gasteiger charge is 2.12. The van der Waals surface area contributed by atoms with Crippen LogP contribution in [-0.2, 0) is 0 Å². The SMILES string of the molecule is CCCNC(CCC)c1cc(C)ccc1Br. The molecule has 0 bridgehead atoms. The summed E-state index contributed by atoms with van der Waals surface area (Å²) in [6.07, 6.45) is 3.59. The van der Waals surface area contributed by atoms with Crippen molar-refractivity contribution in [2.75, 3.05) is 6.54 Å². The molecular weight excluding hydrogens is 262 g/mol. The van der Waals surface area contributed by atoms with E-state index in [1.54, 1.807) is 0 Å². The van der Waals surface area contributed by atoms with Crippen molar-refractivity contribution in [2.45, 2.75) is 46.1 Å². The highest BCUT2D eigenvalue weighted by Crippen LogP contribution is 2.27. The third-order valence-corrected chi connectivity index (χ3v) is 3.47. The van der Waals surface area contributed by atoms with Gasteiger partial charge in [-0.1, -0.05) is 53.9 Å². The molecular formula is C14H22BrN. The van der Waals surface area contributed by atoms with Gasteiger partial charge in [-0.3, -0.25) is 0 Å². The van der Waals surface area contributed by atoms with Crippen LogP contribution in [-0.4, -0.2) is 6.54 Å². The lowest BCUT2D eigenvalue weighted by atomic mass is 10.0. The van der Waals surface area contributed by atoms with E-state index in [-0.39, 0.29) is 0 Å². The van der Waals surface area contributed by atoms with Crippen molar-refractivity contribution in [3.05, 3.63) is 33.8 Å². The summed E-state index contributed by atoms with van der Waals surface area (Å²) < 4.78 is 1.22. The molecule has 1 aromatic rings. The predicted octanol–water partition coefficient (Wildman–Crippen LogP) is 4.60. The lowest BCUT2D eigenvalue weighted by Crippen LogP contribution is -2.22. The van der Waals surface area contributed by atoms with Gasteiger partial charge in [0.2, 0.25) is 0 Å². The molecule has 0 aromatic heterocycles. The van der Waals surface area contributed by atoms with Crippen LogP contribution >= 0.6 is 15.9 Å². The van der Waals surface area contributed by atoms with Gasteiger partial charge in [-0.2, -0.15) is 0 Å². The van der Waals surface area contributed by atoms with Crippen LogP contribution in [0.3, 0.4) is 0 Å². The molecule has 1 unspecified atom stereocenters. The number of hydrogen-bond acceptors (Lipinski definition) is 1. The van der Waals surface area contributed by atoms with Crippen LogP contribution in [0.1, 0.15) is 50.3 Å². The van der Waals surface area contributed by atoms with Gasteiger partial charge in [0, 0.05) is 10.5 Å². The molecule has 0 aliphatic carbocycles. The number of halogens is 1. The van der Waals surface area contributed by atoms with E-state index in [4.69, 9.17) is 0 Å². The average molecular weight is 284 g/mol. The van der Waals surface area contributed by atoms with Gasteiger partial charge in [0.15, 0.2) is 0 Å². The van der Waals surface area contributed by atoms with Gasteiger partial charge in [0.05, 0.1) is 0 Å². The molecule has 16 heavy (non-hydrogen) atoms. The molecule has 0 fully saturated rings. The highest BCUT2D eigenvalue weighted by molar-refractivity contribution is 9.10. The fourth-order valence-electron chi connectivity index (χ4n) is 1.90. The van der Waals surface area contributed by atoms with Crippen molar-refractivity contribution in [3.63, 3.8) is 0 Å². The Hall–Kier alpha value is -0.340. The van der Waals surface area contributed by atoms with E-state index in [2.05, 4.69) is 60.2 Å². The number of nitrogens with one attached hydrogen (secondary N) is 1. The second-order valence-electron chi connectivity index (χ2n) is 4.32. The van der Waals surface area contributed by atoms with Gasteiger partial charge < -0.3 is 5.32 Å². The summed E-state index contributed by atoms with van der Waals surface area (Å²) in [6.45, 7) is 7.69. The van der Waals surface area contributed by atoms with Crippen molar-refractivity contribution in [1.82, 2.24) is 5.32 Å². The number of benzene rings is 1. The molecule has 0 saturated carbocycles. The Morgan fingerprint density at radius 1 is 1.25 bits per heavy atom. The van der Waals surface area contributed by atoms with Gasteiger partial charge in [-0.05, 0) is 37.9 Å². The fourth-order valence-corrected chi connectivity index (χ4v) is 2.43. The van der Waals surface area contributed by atoms with E-state index in [1.165, 1.54) is 34.9 Å². The Balaban J connectivity index is 2.85. The lowest BCUT2D eigenvalue weighted by molar-refractivity contribution is 0.492. The molecule has 0 spiro atoms. The Kier molecular flexibility index (Phi) is 6.07. The summed E-state index contributed by atoms with van der Waals surface area (Å²) in [5.74, 6) is 0. The molecule has 0 amide bonds. The maximum atomic E-state index is 3.65.